The number of carbonyl (C=O) groups is 3. The molecule has 2 heterocycles. The Balaban J connectivity index is 1.25. The molecule has 188 valence electrons. The number of esters is 1. The lowest BCUT2D eigenvalue weighted by atomic mass is 10.0. The average Bonchev–Trinajstić information content (AvgIpc) is 3.48. The summed E-state index contributed by atoms with van der Waals surface area (Å²) in [6.07, 6.45) is 1.55. The van der Waals surface area contributed by atoms with Crippen molar-refractivity contribution in [3.8, 4) is 17.2 Å². The molecule has 7 nitrogen and oxygen atoms in total. The fraction of sp³-hybridized carbons (Fsp3) is 0.0690. The van der Waals surface area contributed by atoms with Crippen LogP contribution in [-0.4, -0.2) is 28.8 Å². The van der Waals surface area contributed by atoms with Crippen molar-refractivity contribution >= 4 is 57.3 Å². The summed E-state index contributed by atoms with van der Waals surface area (Å²) in [5, 5.41) is 1.63. The zero-order chi connectivity index (χ0) is 26.2. The van der Waals surface area contributed by atoms with Crippen molar-refractivity contribution in [1.29, 1.82) is 0 Å². The Bertz CT molecular complexity index is 1660. The second-order valence-electron chi connectivity index (χ2n) is 8.52. The maximum atomic E-state index is 13.2. The van der Waals surface area contributed by atoms with Crippen molar-refractivity contribution < 1.29 is 28.6 Å². The summed E-state index contributed by atoms with van der Waals surface area (Å²) in [6, 6.07) is 23.1. The van der Waals surface area contributed by atoms with E-state index in [1.165, 1.54) is 0 Å². The van der Waals surface area contributed by atoms with Crippen LogP contribution >= 0.6 is 23.4 Å². The lowest BCUT2D eigenvalue weighted by molar-refractivity contribution is -0.123. The summed E-state index contributed by atoms with van der Waals surface area (Å²) < 4.78 is 16.4. The van der Waals surface area contributed by atoms with Crippen LogP contribution in [0, 0.1) is 0 Å². The molecule has 6 rings (SSSR count). The number of rotatable bonds is 5. The molecule has 38 heavy (non-hydrogen) atoms. The third-order valence-corrected chi connectivity index (χ3v) is 7.42. The van der Waals surface area contributed by atoms with Crippen LogP contribution < -0.4 is 14.2 Å². The van der Waals surface area contributed by atoms with E-state index in [0.29, 0.717) is 33.2 Å². The third kappa shape index (κ3) is 4.49. The van der Waals surface area contributed by atoms with E-state index in [9.17, 15) is 14.4 Å². The molecule has 0 saturated carbocycles. The monoisotopic (exact) mass is 543 g/mol. The molecule has 4 aromatic rings. The number of benzene rings is 4. The van der Waals surface area contributed by atoms with E-state index in [1.807, 2.05) is 30.3 Å². The van der Waals surface area contributed by atoms with Gasteiger partial charge in [0.2, 0.25) is 6.79 Å². The average molecular weight is 544 g/mol. The van der Waals surface area contributed by atoms with Crippen LogP contribution in [0.1, 0.15) is 21.5 Å². The van der Waals surface area contributed by atoms with Gasteiger partial charge in [-0.25, -0.2) is 4.79 Å². The van der Waals surface area contributed by atoms with Gasteiger partial charge in [0.1, 0.15) is 5.75 Å². The van der Waals surface area contributed by atoms with Crippen molar-refractivity contribution in [2.24, 2.45) is 0 Å². The number of carbonyl (C=O) groups excluding carboxylic acids is 3. The van der Waals surface area contributed by atoms with Crippen LogP contribution in [0.15, 0.2) is 83.8 Å². The number of halogens is 1. The van der Waals surface area contributed by atoms with Crippen LogP contribution in [0.2, 0.25) is 5.02 Å². The fourth-order valence-electron chi connectivity index (χ4n) is 4.28. The fourth-order valence-corrected chi connectivity index (χ4v) is 5.32. The maximum Gasteiger partial charge on any atom is 0.344 e. The molecule has 2 aliphatic heterocycles. The molecule has 2 aliphatic rings. The van der Waals surface area contributed by atoms with Gasteiger partial charge in [0.15, 0.2) is 11.5 Å². The van der Waals surface area contributed by atoms with E-state index in [0.717, 1.165) is 27.4 Å². The van der Waals surface area contributed by atoms with E-state index >= 15 is 0 Å². The Labute approximate surface area is 226 Å². The minimum absolute atomic E-state index is 0.0187. The Morgan fingerprint density at radius 3 is 2.58 bits per heavy atom. The molecule has 0 radical (unpaired) electrons. The highest BCUT2D eigenvalue weighted by atomic mass is 35.5. The first-order chi connectivity index (χ1) is 18.5. The van der Waals surface area contributed by atoms with Gasteiger partial charge in [-0.1, -0.05) is 66.2 Å². The van der Waals surface area contributed by atoms with Gasteiger partial charge in [0, 0.05) is 16.7 Å². The first-order valence-corrected chi connectivity index (χ1v) is 12.8. The number of imide groups is 1. The van der Waals surface area contributed by atoms with Crippen LogP contribution in [0.5, 0.6) is 17.2 Å². The molecule has 4 aromatic carbocycles. The number of para-hydroxylation sites is 1. The molecule has 0 unspecified atom stereocenters. The number of fused-ring (bicyclic) bond motifs is 2. The van der Waals surface area contributed by atoms with Crippen molar-refractivity contribution in [2.45, 2.75) is 6.54 Å². The second-order valence-corrected chi connectivity index (χ2v) is 9.92. The summed E-state index contributed by atoms with van der Waals surface area (Å²) in [7, 11) is 0. The SMILES string of the molecule is O=C(Oc1ccccc1/C=C1\SC(=O)N(Cc2cc3c(cc2Cl)OCO3)C1=O)c1cccc2ccccc12. The quantitative estimate of drug-likeness (QED) is 0.158. The van der Waals surface area contributed by atoms with Crippen LogP contribution in [0.4, 0.5) is 4.79 Å². The van der Waals surface area contributed by atoms with Crippen molar-refractivity contribution in [2.75, 3.05) is 6.79 Å². The van der Waals surface area contributed by atoms with E-state index in [2.05, 4.69) is 0 Å². The molecule has 1 saturated heterocycles. The van der Waals surface area contributed by atoms with E-state index < -0.39 is 17.1 Å². The number of thioether (sulfide) groups is 1. The number of hydrogen-bond donors (Lipinski definition) is 0. The first-order valence-electron chi connectivity index (χ1n) is 11.6. The first kappa shape index (κ1) is 24.1. The van der Waals surface area contributed by atoms with Gasteiger partial charge in [-0.05, 0) is 52.4 Å². The summed E-state index contributed by atoms with van der Waals surface area (Å²) in [5.41, 5.74) is 1.48. The number of amides is 2. The summed E-state index contributed by atoms with van der Waals surface area (Å²) in [4.78, 5) is 40.3. The summed E-state index contributed by atoms with van der Waals surface area (Å²) >= 11 is 7.16. The molecule has 0 aromatic heterocycles. The van der Waals surface area contributed by atoms with Crippen molar-refractivity contribution in [3.63, 3.8) is 0 Å². The predicted molar refractivity (Wildman–Crippen MR) is 144 cm³/mol. The molecule has 9 heteroatoms. The van der Waals surface area contributed by atoms with E-state index in [1.54, 1.807) is 54.6 Å². The van der Waals surface area contributed by atoms with Crippen LogP contribution in [0.3, 0.4) is 0 Å². The van der Waals surface area contributed by atoms with Gasteiger partial charge >= 0.3 is 5.97 Å². The minimum Gasteiger partial charge on any atom is -0.454 e. The van der Waals surface area contributed by atoms with Gasteiger partial charge in [-0.15, -0.1) is 0 Å². The van der Waals surface area contributed by atoms with Crippen molar-refractivity contribution in [3.05, 3.63) is 105 Å². The van der Waals surface area contributed by atoms with Gasteiger partial charge in [-0.2, -0.15) is 0 Å². The number of nitrogens with zero attached hydrogens (tertiary/aromatic N) is 1. The largest absolute Gasteiger partial charge is 0.454 e. The zero-order valence-electron chi connectivity index (χ0n) is 19.7. The molecular weight excluding hydrogens is 526 g/mol. The standard InChI is InChI=1S/C29H18ClNO6S/c30-22-14-25-24(35-16-36-25)12-19(22)15-31-27(32)26(38-29(31)34)13-18-7-2-4-11-23(18)37-28(33)21-10-5-8-17-6-1-3-9-20(17)21/h1-14H,15-16H2/b26-13-. The summed E-state index contributed by atoms with van der Waals surface area (Å²) in [5.74, 6) is 0.310. The molecule has 1 fully saturated rings. The zero-order valence-corrected chi connectivity index (χ0v) is 21.3. The van der Waals surface area contributed by atoms with Gasteiger partial charge in [0.25, 0.3) is 11.1 Å². The normalized spacial score (nSPS) is 15.5. The highest BCUT2D eigenvalue weighted by Gasteiger charge is 2.36. The molecule has 0 N–H and O–H groups in total. The lowest BCUT2D eigenvalue weighted by Gasteiger charge is -2.14. The lowest BCUT2D eigenvalue weighted by Crippen LogP contribution is -2.27. The van der Waals surface area contributed by atoms with Crippen LogP contribution in [-0.2, 0) is 11.3 Å². The topological polar surface area (TPSA) is 82.1 Å². The molecular formula is C29H18ClNO6S. The van der Waals surface area contributed by atoms with Gasteiger partial charge in [0.05, 0.1) is 17.0 Å². The Morgan fingerprint density at radius 1 is 0.974 bits per heavy atom. The van der Waals surface area contributed by atoms with Crippen LogP contribution in [0.25, 0.3) is 16.8 Å². The van der Waals surface area contributed by atoms with Crippen molar-refractivity contribution in [1.82, 2.24) is 4.90 Å². The minimum atomic E-state index is -0.520. The Hall–Kier alpha value is -4.27. The maximum absolute atomic E-state index is 13.2. The Kier molecular flexibility index (Phi) is 6.27. The highest BCUT2D eigenvalue weighted by molar-refractivity contribution is 8.18. The van der Waals surface area contributed by atoms with E-state index in [-0.39, 0.29) is 24.0 Å². The Morgan fingerprint density at radius 2 is 1.71 bits per heavy atom. The third-order valence-electron chi connectivity index (χ3n) is 6.16. The smallest absolute Gasteiger partial charge is 0.344 e. The highest BCUT2D eigenvalue weighted by Crippen LogP contribution is 2.40. The van der Waals surface area contributed by atoms with Gasteiger partial charge < -0.3 is 14.2 Å². The molecule has 0 atom stereocenters. The van der Waals surface area contributed by atoms with E-state index in [4.69, 9.17) is 25.8 Å². The summed E-state index contributed by atoms with van der Waals surface area (Å²) in [6.45, 7) is 0.0686. The molecule has 0 bridgehead atoms. The van der Waals surface area contributed by atoms with Gasteiger partial charge in [-0.3, -0.25) is 14.5 Å². The molecule has 0 spiro atoms. The molecule has 2 amide bonds. The predicted octanol–water partition coefficient (Wildman–Crippen LogP) is 6.68. The number of hydrogen-bond acceptors (Lipinski definition) is 7. The second kappa shape index (κ2) is 9.89. The number of ether oxygens (including phenoxy) is 3. The molecule has 0 aliphatic carbocycles.